The number of hydrogen-bond donors (Lipinski definition) is 1. The number of fused-ring (bicyclic) bond motifs is 6. The van der Waals surface area contributed by atoms with Crippen LogP contribution in [-0.2, 0) is 25.7 Å². The zero-order valence-corrected chi connectivity index (χ0v) is 24.6. The molecule has 8 rings (SSSR count). The molecular formula is C39H41N3. The number of amidine groups is 2. The number of nitrogens with one attached hydrogen (secondary N) is 1. The van der Waals surface area contributed by atoms with Gasteiger partial charge in [0.15, 0.2) is 5.84 Å². The van der Waals surface area contributed by atoms with Gasteiger partial charge in [-0.1, -0.05) is 84.6 Å². The predicted molar refractivity (Wildman–Crippen MR) is 177 cm³/mol. The lowest BCUT2D eigenvalue weighted by atomic mass is 9.72. The van der Waals surface area contributed by atoms with Gasteiger partial charge in [-0.05, 0) is 116 Å². The first-order valence-electron chi connectivity index (χ1n) is 16.4. The number of nitrogens with zero attached hydrogens (tertiary/aromatic N) is 2. The fraction of sp³-hybridized carbons (Fsp3) is 0.385. The van der Waals surface area contributed by atoms with Crippen molar-refractivity contribution in [3.05, 3.63) is 117 Å². The van der Waals surface area contributed by atoms with Gasteiger partial charge in [-0.15, -0.1) is 0 Å². The van der Waals surface area contributed by atoms with E-state index < -0.39 is 0 Å². The summed E-state index contributed by atoms with van der Waals surface area (Å²) in [7, 11) is 0. The molecule has 0 bridgehead atoms. The van der Waals surface area contributed by atoms with Crippen LogP contribution >= 0.6 is 0 Å². The van der Waals surface area contributed by atoms with Crippen LogP contribution in [0.25, 0.3) is 12.2 Å². The van der Waals surface area contributed by atoms with Gasteiger partial charge in [-0.25, -0.2) is 9.98 Å². The Hall–Kier alpha value is -3.72. The van der Waals surface area contributed by atoms with Crippen LogP contribution in [0.3, 0.4) is 0 Å². The smallest absolute Gasteiger partial charge is 0.158 e. The van der Waals surface area contributed by atoms with Gasteiger partial charge >= 0.3 is 0 Å². The Bertz CT molecular complexity index is 1610. The molecule has 0 saturated carbocycles. The molecule has 0 fully saturated rings. The van der Waals surface area contributed by atoms with Crippen molar-refractivity contribution in [2.75, 3.05) is 0 Å². The Morgan fingerprint density at radius 1 is 0.690 bits per heavy atom. The van der Waals surface area contributed by atoms with E-state index in [2.05, 4.69) is 84.3 Å². The van der Waals surface area contributed by atoms with Crippen LogP contribution < -0.4 is 5.32 Å². The number of benzene rings is 1. The van der Waals surface area contributed by atoms with E-state index in [9.17, 15) is 0 Å². The fourth-order valence-electron chi connectivity index (χ4n) is 8.05. The molecule has 6 aliphatic carbocycles. The van der Waals surface area contributed by atoms with E-state index >= 15 is 0 Å². The second-order valence-corrected chi connectivity index (χ2v) is 12.8. The summed E-state index contributed by atoms with van der Waals surface area (Å²) in [6, 6.07) is 0. The molecule has 1 aromatic rings. The summed E-state index contributed by atoms with van der Waals surface area (Å²) in [4.78, 5) is 10.4. The first-order chi connectivity index (χ1) is 20.8. The summed E-state index contributed by atoms with van der Waals surface area (Å²) < 4.78 is 0. The molecule has 3 unspecified atom stereocenters. The van der Waals surface area contributed by atoms with Crippen molar-refractivity contribution in [3.8, 4) is 0 Å². The number of rotatable bonds is 4. The zero-order chi connectivity index (χ0) is 27.9. The van der Waals surface area contributed by atoms with E-state index in [1.54, 1.807) is 39.0 Å². The van der Waals surface area contributed by atoms with Crippen molar-refractivity contribution in [1.29, 1.82) is 0 Å². The van der Waals surface area contributed by atoms with Crippen molar-refractivity contribution in [3.63, 3.8) is 0 Å². The van der Waals surface area contributed by atoms with E-state index in [0.717, 1.165) is 43.8 Å². The maximum Gasteiger partial charge on any atom is 0.158 e. The first kappa shape index (κ1) is 25.9. The van der Waals surface area contributed by atoms with Crippen LogP contribution in [0.5, 0.6) is 0 Å². The first-order valence-corrected chi connectivity index (χ1v) is 16.4. The van der Waals surface area contributed by atoms with Crippen molar-refractivity contribution < 1.29 is 0 Å². The standard InChI is InChI=1S/C39H41N3/c1-3-12-26(13-4-1)37-40-38(27-14-5-2-6-15-27)42-39(41-37)30-17-11-16-28(24-30)29-22-23-35-33-20-8-7-18-31(33)32-19-9-10-21-34(32)36(35)25-29/h1,3-5,7,11-12,14-15,17-18,24-26,28,38H,2,6,8-10,13,16,19-23H2,(H,40,41,42). The van der Waals surface area contributed by atoms with E-state index in [1.807, 2.05) is 0 Å². The molecule has 3 nitrogen and oxygen atoms in total. The Labute approximate surface area is 250 Å². The molecule has 1 aromatic carbocycles. The Balaban J connectivity index is 1.15. The van der Waals surface area contributed by atoms with Crippen LogP contribution in [0.4, 0.5) is 0 Å². The summed E-state index contributed by atoms with van der Waals surface area (Å²) in [6.07, 6.45) is 44.3. The number of aliphatic imine (C=N–C) groups is 2. The molecule has 0 saturated heterocycles. The molecule has 3 atom stereocenters. The van der Waals surface area contributed by atoms with Gasteiger partial charge in [-0.3, -0.25) is 0 Å². The second kappa shape index (κ2) is 11.2. The third kappa shape index (κ3) is 4.77. The van der Waals surface area contributed by atoms with Gasteiger partial charge < -0.3 is 5.32 Å². The third-order valence-electron chi connectivity index (χ3n) is 10.2. The lowest BCUT2D eigenvalue weighted by Crippen LogP contribution is -2.43. The molecule has 1 heterocycles. The number of allylic oxidation sites excluding steroid dienone is 9. The molecule has 0 radical (unpaired) electrons. The van der Waals surface area contributed by atoms with Crippen LogP contribution in [0.2, 0.25) is 0 Å². The molecule has 1 aliphatic heterocycles. The van der Waals surface area contributed by atoms with E-state index in [-0.39, 0.29) is 12.1 Å². The molecule has 212 valence electrons. The minimum Gasteiger partial charge on any atom is -0.348 e. The lowest BCUT2D eigenvalue weighted by Gasteiger charge is -2.32. The topological polar surface area (TPSA) is 36.8 Å². The number of hydrogen-bond acceptors (Lipinski definition) is 3. The van der Waals surface area contributed by atoms with Crippen molar-refractivity contribution >= 4 is 23.8 Å². The molecule has 42 heavy (non-hydrogen) atoms. The van der Waals surface area contributed by atoms with Crippen LogP contribution in [0.15, 0.2) is 93.5 Å². The van der Waals surface area contributed by atoms with Crippen LogP contribution in [0, 0.1) is 11.8 Å². The summed E-state index contributed by atoms with van der Waals surface area (Å²) in [5, 5.41) is 3.69. The zero-order valence-electron chi connectivity index (χ0n) is 24.6. The molecule has 0 amide bonds. The highest BCUT2D eigenvalue weighted by Gasteiger charge is 2.30. The second-order valence-electron chi connectivity index (χ2n) is 12.8. The third-order valence-corrected chi connectivity index (χ3v) is 10.2. The minimum atomic E-state index is -0.0782. The lowest BCUT2D eigenvalue weighted by molar-refractivity contribution is 0.669. The van der Waals surface area contributed by atoms with Gasteiger partial charge in [0.25, 0.3) is 0 Å². The van der Waals surface area contributed by atoms with Crippen molar-refractivity contribution in [2.45, 2.75) is 83.2 Å². The van der Waals surface area contributed by atoms with Crippen molar-refractivity contribution in [2.24, 2.45) is 21.8 Å². The van der Waals surface area contributed by atoms with E-state index in [4.69, 9.17) is 9.98 Å². The normalized spacial score (nSPS) is 27.5. The molecule has 3 heteroatoms. The van der Waals surface area contributed by atoms with E-state index in [0.29, 0.717) is 5.92 Å². The maximum absolute atomic E-state index is 5.21. The van der Waals surface area contributed by atoms with Gasteiger partial charge in [0.2, 0.25) is 0 Å². The van der Waals surface area contributed by atoms with Crippen molar-refractivity contribution in [1.82, 2.24) is 5.32 Å². The highest BCUT2D eigenvalue weighted by atomic mass is 15.2. The highest BCUT2D eigenvalue weighted by Crippen LogP contribution is 2.43. The predicted octanol–water partition coefficient (Wildman–Crippen LogP) is 8.49. The SMILES string of the molecule is C1=CCC(C2=NC(C3=CC(C4=Cc5c6c(c7c(c5CC4)CCC=C7)CCCC6)CC=C3)=NC(C3=CCCC=C3)N2)C=C1. The summed E-state index contributed by atoms with van der Waals surface area (Å²) in [6.45, 7) is 0. The van der Waals surface area contributed by atoms with E-state index in [1.165, 1.54) is 56.1 Å². The Morgan fingerprint density at radius 2 is 1.52 bits per heavy atom. The summed E-state index contributed by atoms with van der Waals surface area (Å²) in [5.74, 6) is 2.60. The molecule has 7 aliphatic rings. The maximum atomic E-state index is 5.21. The van der Waals surface area contributed by atoms with Crippen LogP contribution in [-0.4, -0.2) is 17.8 Å². The van der Waals surface area contributed by atoms with Gasteiger partial charge in [0, 0.05) is 17.4 Å². The monoisotopic (exact) mass is 551 g/mol. The van der Waals surface area contributed by atoms with Gasteiger partial charge in [0.05, 0.1) is 0 Å². The highest BCUT2D eigenvalue weighted by molar-refractivity contribution is 6.10. The summed E-state index contributed by atoms with van der Waals surface area (Å²) >= 11 is 0. The fourth-order valence-corrected chi connectivity index (χ4v) is 8.05. The van der Waals surface area contributed by atoms with Gasteiger partial charge in [-0.2, -0.15) is 0 Å². The van der Waals surface area contributed by atoms with Crippen LogP contribution in [0.1, 0.15) is 84.7 Å². The minimum absolute atomic E-state index is 0.0782. The van der Waals surface area contributed by atoms with Gasteiger partial charge in [0.1, 0.15) is 12.0 Å². The summed E-state index contributed by atoms with van der Waals surface area (Å²) in [5.41, 5.74) is 13.9. The molecule has 0 aromatic heterocycles. The Kier molecular flexibility index (Phi) is 6.90. The molecular weight excluding hydrogens is 510 g/mol. The quantitative estimate of drug-likeness (QED) is 0.400. The largest absolute Gasteiger partial charge is 0.348 e. The molecule has 1 N–H and O–H groups in total. The average Bonchev–Trinajstić information content (AvgIpc) is 3.09. The Morgan fingerprint density at radius 3 is 2.38 bits per heavy atom. The molecule has 0 spiro atoms. The average molecular weight is 552 g/mol.